The van der Waals surface area contributed by atoms with Gasteiger partial charge in [0.15, 0.2) is 5.01 Å². The normalized spacial score (nSPS) is 10.6. The summed E-state index contributed by atoms with van der Waals surface area (Å²) in [5.41, 5.74) is 1.05. The molecule has 0 aliphatic rings. The van der Waals surface area contributed by atoms with Crippen molar-refractivity contribution in [2.24, 2.45) is 0 Å². The number of aromatic amines is 1. The van der Waals surface area contributed by atoms with Crippen LogP contribution in [0.3, 0.4) is 0 Å². The van der Waals surface area contributed by atoms with Crippen molar-refractivity contribution >= 4 is 51.4 Å². The molecule has 0 aliphatic heterocycles. The van der Waals surface area contributed by atoms with Crippen molar-refractivity contribution in [2.75, 3.05) is 20.2 Å². The number of hydrogen-bond donors (Lipinski definition) is 3. The number of halogens is 1. The van der Waals surface area contributed by atoms with Gasteiger partial charge in [0.2, 0.25) is 11.7 Å². The van der Waals surface area contributed by atoms with E-state index < -0.39 is 11.8 Å². The molecule has 0 saturated carbocycles. The second-order valence-corrected chi connectivity index (χ2v) is 6.71. The second-order valence-electron chi connectivity index (χ2n) is 5.46. The van der Waals surface area contributed by atoms with Crippen LogP contribution in [0.25, 0.3) is 10.9 Å². The highest BCUT2D eigenvalue weighted by molar-refractivity contribution is 7.12. The van der Waals surface area contributed by atoms with Gasteiger partial charge in [0, 0.05) is 16.3 Å². The minimum atomic E-state index is -0.493. The maximum absolute atomic E-state index is 12.2. The zero-order chi connectivity index (χ0) is 19.4. The first-order valence-corrected chi connectivity index (χ1v) is 9.08. The van der Waals surface area contributed by atoms with Crippen LogP contribution in [0.1, 0.15) is 20.3 Å². The number of ether oxygens (including phenoxy) is 1. The molecular weight excluding hydrogens is 392 g/mol. The zero-order valence-corrected chi connectivity index (χ0v) is 15.7. The average molecular weight is 407 g/mol. The lowest BCUT2D eigenvalue weighted by molar-refractivity contribution is -0.119. The maximum atomic E-state index is 12.2. The van der Waals surface area contributed by atoms with Gasteiger partial charge in [-0.05, 0) is 18.2 Å². The van der Waals surface area contributed by atoms with Gasteiger partial charge in [-0.15, -0.1) is 11.3 Å². The van der Waals surface area contributed by atoms with Crippen LogP contribution in [0, 0.1) is 0 Å². The SMILES string of the molecule is COc1cccc2[nH]c(C(=O)NCC(=O)NCC(=O)c3nc(Cl)cs3)cc12. The molecule has 0 bridgehead atoms. The highest BCUT2D eigenvalue weighted by Gasteiger charge is 2.15. The quantitative estimate of drug-likeness (QED) is 0.519. The smallest absolute Gasteiger partial charge is 0.268 e. The number of fused-ring (bicyclic) bond motifs is 1. The van der Waals surface area contributed by atoms with Gasteiger partial charge in [0.05, 0.1) is 20.2 Å². The Morgan fingerprint density at radius 3 is 2.78 bits per heavy atom. The summed E-state index contributed by atoms with van der Waals surface area (Å²) in [5, 5.41) is 7.68. The molecular formula is C17H15ClN4O4S. The standard InChI is InChI=1S/C17H15ClN4O4S/c1-26-13-4-2-3-10-9(13)5-11(21-10)16(25)20-7-15(24)19-6-12(23)17-22-14(18)8-27-17/h2-5,8,21H,6-7H2,1H3,(H,19,24)(H,20,25). The number of rotatable bonds is 7. The van der Waals surface area contributed by atoms with Gasteiger partial charge in [0.1, 0.15) is 16.6 Å². The van der Waals surface area contributed by atoms with Crippen molar-refractivity contribution in [3.63, 3.8) is 0 Å². The largest absolute Gasteiger partial charge is 0.496 e. The number of hydrogen-bond acceptors (Lipinski definition) is 6. The van der Waals surface area contributed by atoms with Gasteiger partial charge in [-0.3, -0.25) is 14.4 Å². The third-order valence-electron chi connectivity index (χ3n) is 3.66. The predicted octanol–water partition coefficient (Wildman–Crippen LogP) is 2.02. The summed E-state index contributed by atoms with van der Waals surface area (Å²) < 4.78 is 5.25. The van der Waals surface area contributed by atoms with Crippen LogP contribution in [-0.2, 0) is 4.79 Å². The van der Waals surface area contributed by atoms with Crippen LogP contribution < -0.4 is 15.4 Å². The number of amides is 2. The fraction of sp³-hybridized carbons (Fsp3) is 0.176. The number of Topliss-reactive ketones (excluding diaryl/α,β-unsaturated/α-hetero) is 1. The molecule has 0 atom stereocenters. The Morgan fingerprint density at radius 1 is 1.26 bits per heavy atom. The van der Waals surface area contributed by atoms with Crippen molar-refractivity contribution in [1.29, 1.82) is 0 Å². The maximum Gasteiger partial charge on any atom is 0.268 e. The van der Waals surface area contributed by atoms with E-state index in [0.717, 1.165) is 22.2 Å². The van der Waals surface area contributed by atoms with Crippen molar-refractivity contribution < 1.29 is 19.1 Å². The Hall–Kier alpha value is -2.91. The topological polar surface area (TPSA) is 113 Å². The van der Waals surface area contributed by atoms with Crippen molar-refractivity contribution in [2.45, 2.75) is 0 Å². The summed E-state index contributed by atoms with van der Waals surface area (Å²) in [6, 6.07) is 7.06. The number of nitrogens with zero attached hydrogens (tertiary/aromatic N) is 1. The Labute approximate surface area is 162 Å². The third kappa shape index (κ3) is 4.44. The minimum Gasteiger partial charge on any atom is -0.496 e. The van der Waals surface area contributed by atoms with E-state index in [1.54, 1.807) is 25.3 Å². The number of thiazole rings is 1. The van der Waals surface area contributed by atoms with E-state index in [1.807, 2.05) is 6.07 Å². The number of carbonyl (C=O) groups is 3. The summed E-state index contributed by atoms with van der Waals surface area (Å²) >= 11 is 6.76. The van der Waals surface area contributed by atoms with Gasteiger partial charge in [0.25, 0.3) is 5.91 Å². The third-order valence-corrected chi connectivity index (χ3v) is 4.87. The fourth-order valence-corrected chi connectivity index (χ4v) is 3.27. The number of benzene rings is 1. The monoisotopic (exact) mass is 406 g/mol. The lowest BCUT2D eigenvalue weighted by atomic mass is 10.2. The van der Waals surface area contributed by atoms with Crippen molar-refractivity contribution in [3.8, 4) is 5.75 Å². The van der Waals surface area contributed by atoms with E-state index in [9.17, 15) is 14.4 Å². The van der Waals surface area contributed by atoms with Crippen LogP contribution in [0.4, 0.5) is 0 Å². The molecule has 3 N–H and O–H groups in total. The number of H-pyrrole nitrogens is 1. The molecule has 0 fully saturated rings. The molecule has 0 saturated heterocycles. The minimum absolute atomic E-state index is 0.219. The molecule has 2 amide bonds. The molecule has 2 aromatic heterocycles. The van der Waals surface area contributed by atoms with Crippen LogP contribution in [0.15, 0.2) is 29.6 Å². The zero-order valence-electron chi connectivity index (χ0n) is 14.2. The molecule has 1 aromatic carbocycles. The molecule has 27 heavy (non-hydrogen) atoms. The van der Waals surface area contributed by atoms with E-state index in [1.165, 1.54) is 5.38 Å². The molecule has 8 nitrogen and oxygen atoms in total. The molecule has 3 rings (SSSR count). The highest BCUT2D eigenvalue weighted by Crippen LogP contribution is 2.25. The fourth-order valence-electron chi connectivity index (χ4n) is 2.38. The van der Waals surface area contributed by atoms with Crippen molar-refractivity contribution in [3.05, 3.63) is 45.5 Å². The number of ketones is 1. The molecule has 2 heterocycles. The van der Waals surface area contributed by atoms with Gasteiger partial charge < -0.3 is 20.4 Å². The lowest BCUT2D eigenvalue weighted by Gasteiger charge is -2.05. The summed E-state index contributed by atoms with van der Waals surface area (Å²) in [7, 11) is 1.55. The Balaban J connectivity index is 1.53. The average Bonchev–Trinajstić information content (AvgIpc) is 3.30. The summed E-state index contributed by atoms with van der Waals surface area (Å²) in [4.78, 5) is 42.7. The van der Waals surface area contributed by atoms with Gasteiger partial charge in [-0.1, -0.05) is 17.7 Å². The Morgan fingerprint density at radius 2 is 2.07 bits per heavy atom. The number of methoxy groups -OCH3 is 1. The summed E-state index contributed by atoms with van der Waals surface area (Å²) in [6.07, 6.45) is 0. The van der Waals surface area contributed by atoms with Crippen molar-refractivity contribution in [1.82, 2.24) is 20.6 Å². The lowest BCUT2D eigenvalue weighted by Crippen LogP contribution is -2.39. The summed E-state index contributed by atoms with van der Waals surface area (Å²) in [6.45, 7) is -0.487. The molecule has 0 spiro atoms. The molecule has 0 aliphatic carbocycles. The molecule has 0 radical (unpaired) electrons. The number of carbonyl (C=O) groups excluding carboxylic acids is 3. The number of nitrogens with one attached hydrogen (secondary N) is 3. The van der Waals surface area contributed by atoms with E-state index in [0.29, 0.717) is 11.4 Å². The first-order valence-electron chi connectivity index (χ1n) is 7.83. The second kappa shape index (κ2) is 8.19. The van der Waals surface area contributed by atoms with Gasteiger partial charge >= 0.3 is 0 Å². The van der Waals surface area contributed by atoms with E-state index in [2.05, 4.69) is 20.6 Å². The first-order chi connectivity index (χ1) is 13.0. The molecule has 140 valence electrons. The first kappa shape index (κ1) is 18.9. The van der Waals surface area contributed by atoms with Crippen LogP contribution >= 0.6 is 22.9 Å². The van der Waals surface area contributed by atoms with E-state index >= 15 is 0 Å². The van der Waals surface area contributed by atoms with Crippen LogP contribution in [0.2, 0.25) is 5.15 Å². The Bertz CT molecular complexity index is 1010. The molecule has 0 unspecified atom stereocenters. The van der Waals surface area contributed by atoms with Crippen LogP contribution in [-0.4, -0.2) is 47.8 Å². The Kier molecular flexibility index (Phi) is 5.72. The molecule has 10 heteroatoms. The van der Waals surface area contributed by atoms with E-state index in [-0.39, 0.29) is 29.0 Å². The van der Waals surface area contributed by atoms with E-state index in [4.69, 9.17) is 16.3 Å². The van der Waals surface area contributed by atoms with Gasteiger partial charge in [-0.25, -0.2) is 4.98 Å². The summed E-state index contributed by atoms with van der Waals surface area (Å²) in [5.74, 6) is -0.648. The van der Waals surface area contributed by atoms with Gasteiger partial charge in [-0.2, -0.15) is 0 Å². The highest BCUT2D eigenvalue weighted by atomic mass is 35.5. The van der Waals surface area contributed by atoms with Crippen LogP contribution in [0.5, 0.6) is 5.75 Å². The predicted molar refractivity (Wildman–Crippen MR) is 102 cm³/mol. The number of aromatic nitrogens is 2. The molecule has 3 aromatic rings.